The predicted octanol–water partition coefficient (Wildman–Crippen LogP) is 3.24. The summed E-state index contributed by atoms with van der Waals surface area (Å²) >= 11 is 12.2. The number of imidazole rings is 1. The highest BCUT2D eigenvalue weighted by atomic mass is 35.5. The van der Waals surface area contributed by atoms with Crippen LogP contribution < -0.4 is 4.90 Å². The number of aromatic carboxylic acids is 1. The first-order valence-electron chi connectivity index (χ1n) is 7.94. The van der Waals surface area contributed by atoms with Crippen LogP contribution in [-0.2, 0) is 4.74 Å². The zero-order chi connectivity index (χ0) is 18.3. The number of benzene rings is 1. The molecule has 0 aliphatic carbocycles. The third-order valence-electron chi connectivity index (χ3n) is 4.22. The van der Waals surface area contributed by atoms with E-state index >= 15 is 0 Å². The summed E-state index contributed by atoms with van der Waals surface area (Å²) in [7, 11) is 0. The Labute approximate surface area is 158 Å². The third-order valence-corrected chi connectivity index (χ3v) is 4.66. The van der Waals surface area contributed by atoms with Crippen LogP contribution >= 0.6 is 23.2 Å². The zero-order valence-electron chi connectivity index (χ0n) is 13.5. The van der Waals surface area contributed by atoms with Crippen molar-refractivity contribution in [2.75, 3.05) is 31.2 Å². The fraction of sp³-hybridized carbons (Fsp3) is 0.235. The Balaban J connectivity index is 1.92. The normalized spacial score (nSPS) is 14.8. The fourth-order valence-electron chi connectivity index (χ4n) is 3.07. The van der Waals surface area contributed by atoms with E-state index in [2.05, 4.69) is 10.1 Å². The molecule has 4 rings (SSSR count). The minimum absolute atomic E-state index is 0.112. The molecule has 1 N–H and O–H groups in total. The number of carboxylic acid groups (broad SMARTS) is 1. The summed E-state index contributed by atoms with van der Waals surface area (Å²) in [6, 6.07) is 5.17. The molecule has 1 saturated heterocycles. The van der Waals surface area contributed by atoms with Gasteiger partial charge in [-0.25, -0.2) is 14.3 Å². The second-order valence-electron chi connectivity index (χ2n) is 5.85. The molecule has 9 heteroatoms. The number of ether oxygens (including phenoxy) is 1. The summed E-state index contributed by atoms with van der Waals surface area (Å²) in [5, 5.41) is 14.9. The smallest absolute Gasteiger partial charge is 0.339 e. The number of morpholine rings is 1. The Bertz CT molecular complexity index is 979. The molecular weight excluding hydrogens is 379 g/mol. The quantitative estimate of drug-likeness (QED) is 0.736. The predicted molar refractivity (Wildman–Crippen MR) is 98.4 cm³/mol. The minimum atomic E-state index is -1.04. The van der Waals surface area contributed by atoms with Crippen LogP contribution in [0.1, 0.15) is 10.4 Å². The largest absolute Gasteiger partial charge is 0.478 e. The van der Waals surface area contributed by atoms with Crippen LogP contribution in [0.4, 0.5) is 5.69 Å². The van der Waals surface area contributed by atoms with Gasteiger partial charge in [0.05, 0.1) is 37.0 Å². The van der Waals surface area contributed by atoms with E-state index in [-0.39, 0.29) is 5.56 Å². The van der Waals surface area contributed by atoms with E-state index in [4.69, 9.17) is 27.9 Å². The van der Waals surface area contributed by atoms with Crippen molar-refractivity contribution in [1.29, 1.82) is 0 Å². The van der Waals surface area contributed by atoms with Crippen LogP contribution in [0.25, 0.3) is 16.9 Å². The lowest BCUT2D eigenvalue weighted by molar-refractivity contribution is 0.0695. The molecule has 0 atom stereocenters. The van der Waals surface area contributed by atoms with Crippen molar-refractivity contribution >= 4 is 40.5 Å². The fourth-order valence-corrected chi connectivity index (χ4v) is 3.60. The van der Waals surface area contributed by atoms with Crippen molar-refractivity contribution < 1.29 is 14.6 Å². The minimum Gasteiger partial charge on any atom is -0.478 e. The van der Waals surface area contributed by atoms with E-state index in [1.807, 2.05) is 4.90 Å². The van der Waals surface area contributed by atoms with E-state index in [9.17, 15) is 9.90 Å². The molecule has 134 valence electrons. The van der Waals surface area contributed by atoms with Crippen molar-refractivity contribution in [2.45, 2.75) is 0 Å². The molecule has 7 nitrogen and oxygen atoms in total. The van der Waals surface area contributed by atoms with Gasteiger partial charge in [-0.15, -0.1) is 0 Å². The number of nitrogens with zero attached hydrogens (tertiary/aromatic N) is 4. The first-order valence-corrected chi connectivity index (χ1v) is 8.69. The molecule has 2 aromatic heterocycles. The van der Waals surface area contributed by atoms with Gasteiger partial charge in [0, 0.05) is 28.7 Å². The molecule has 1 aliphatic heterocycles. The van der Waals surface area contributed by atoms with E-state index in [1.165, 1.54) is 6.20 Å². The van der Waals surface area contributed by atoms with Gasteiger partial charge in [-0.05, 0) is 18.2 Å². The monoisotopic (exact) mass is 392 g/mol. The standard InChI is InChI=1S/C17H14Cl2N4O3/c18-11-5-10(6-12(19)7-11)14-9-20-16-15(22-1-3-26-4-2-22)13(17(24)25)8-21-23(14)16/h5-9H,1-4H2,(H,24,25). The number of anilines is 1. The lowest BCUT2D eigenvalue weighted by Gasteiger charge is -2.29. The molecule has 3 heterocycles. The molecular formula is C17H14Cl2N4O3. The zero-order valence-corrected chi connectivity index (χ0v) is 15.0. The third kappa shape index (κ3) is 2.98. The topological polar surface area (TPSA) is 80.0 Å². The van der Waals surface area contributed by atoms with Crippen molar-refractivity contribution in [3.8, 4) is 11.3 Å². The van der Waals surface area contributed by atoms with Gasteiger partial charge < -0.3 is 14.7 Å². The molecule has 3 aromatic rings. The maximum Gasteiger partial charge on any atom is 0.339 e. The summed E-state index contributed by atoms with van der Waals surface area (Å²) in [6.07, 6.45) is 2.98. The van der Waals surface area contributed by atoms with Crippen LogP contribution in [0.5, 0.6) is 0 Å². The molecule has 0 amide bonds. The molecule has 1 aromatic carbocycles. The first-order chi connectivity index (χ1) is 12.5. The van der Waals surface area contributed by atoms with Crippen LogP contribution in [0, 0.1) is 0 Å². The Morgan fingerprint density at radius 2 is 1.81 bits per heavy atom. The molecule has 1 fully saturated rings. The molecule has 0 unspecified atom stereocenters. The van der Waals surface area contributed by atoms with Gasteiger partial charge in [0.25, 0.3) is 0 Å². The van der Waals surface area contributed by atoms with Gasteiger partial charge in [0.2, 0.25) is 0 Å². The van der Waals surface area contributed by atoms with E-state index in [0.29, 0.717) is 53.4 Å². The summed E-state index contributed by atoms with van der Waals surface area (Å²) in [5.74, 6) is -1.04. The number of hydrogen-bond acceptors (Lipinski definition) is 5. The van der Waals surface area contributed by atoms with Crippen LogP contribution in [0.15, 0.2) is 30.6 Å². The second-order valence-corrected chi connectivity index (χ2v) is 6.72. The number of rotatable bonds is 3. The number of carbonyl (C=O) groups is 1. The van der Waals surface area contributed by atoms with Crippen LogP contribution in [0.2, 0.25) is 10.0 Å². The number of aromatic nitrogens is 3. The Hall–Kier alpha value is -2.35. The van der Waals surface area contributed by atoms with Crippen molar-refractivity contribution in [3.63, 3.8) is 0 Å². The Morgan fingerprint density at radius 1 is 1.12 bits per heavy atom. The average Bonchev–Trinajstić information content (AvgIpc) is 3.04. The maximum absolute atomic E-state index is 11.7. The van der Waals surface area contributed by atoms with Crippen molar-refractivity contribution in [1.82, 2.24) is 14.6 Å². The van der Waals surface area contributed by atoms with Crippen LogP contribution in [0.3, 0.4) is 0 Å². The van der Waals surface area contributed by atoms with Gasteiger partial charge in [-0.1, -0.05) is 23.2 Å². The first kappa shape index (κ1) is 17.1. The summed E-state index contributed by atoms with van der Waals surface area (Å²) in [5.41, 5.74) is 2.54. The molecule has 0 spiro atoms. The number of halogens is 2. The Morgan fingerprint density at radius 3 is 2.46 bits per heavy atom. The summed E-state index contributed by atoms with van der Waals surface area (Å²) in [6.45, 7) is 2.24. The van der Waals surface area contributed by atoms with Gasteiger partial charge in [0.1, 0.15) is 5.56 Å². The highest BCUT2D eigenvalue weighted by Gasteiger charge is 2.24. The van der Waals surface area contributed by atoms with Crippen molar-refractivity contribution in [3.05, 3.63) is 46.2 Å². The number of hydrogen-bond donors (Lipinski definition) is 1. The maximum atomic E-state index is 11.7. The summed E-state index contributed by atoms with van der Waals surface area (Å²) in [4.78, 5) is 18.1. The number of fused-ring (bicyclic) bond motifs is 1. The molecule has 0 bridgehead atoms. The van der Waals surface area contributed by atoms with E-state index < -0.39 is 5.97 Å². The van der Waals surface area contributed by atoms with E-state index in [0.717, 1.165) is 5.56 Å². The lowest BCUT2D eigenvalue weighted by atomic mass is 10.1. The van der Waals surface area contributed by atoms with Crippen molar-refractivity contribution in [2.24, 2.45) is 0 Å². The molecule has 1 aliphatic rings. The van der Waals surface area contributed by atoms with Gasteiger partial charge in [-0.3, -0.25) is 0 Å². The molecule has 26 heavy (non-hydrogen) atoms. The molecule has 0 radical (unpaired) electrons. The SMILES string of the molecule is O=C(O)c1cnn2c(-c3cc(Cl)cc(Cl)c3)cnc2c1N1CCOCC1. The lowest BCUT2D eigenvalue weighted by Crippen LogP contribution is -2.37. The second kappa shape index (κ2) is 6.75. The highest BCUT2D eigenvalue weighted by molar-refractivity contribution is 6.35. The van der Waals surface area contributed by atoms with Gasteiger partial charge in [-0.2, -0.15) is 5.10 Å². The van der Waals surface area contributed by atoms with Gasteiger partial charge >= 0.3 is 5.97 Å². The van der Waals surface area contributed by atoms with Crippen LogP contribution in [-0.4, -0.2) is 52.0 Å². The average molecular weight is 393 g/mol. The molecule has 0 saturated carbocycles. The Kier molecular flexibility index (Phi) is 4.44. The van der Waals surface area contributed by atoms with E-state index in [1.54, 1.807) is 28.9 Å². The number of carboxylic acids is 1. The van der Waals surface area contributed by atoms with Gasteiger partial charge in [0.15, 0.2) is 5.65 Å². The summed E-state index contributed by atoms with van der Waals surface area (Å²) < 4.78 is 6.98. The highest BCUT2D eigenvalue weighted by Crippen LogP contribution is 2.31.